The minimum absolute atomic E-state index is 0.306. The molecule has 0 saturated heterocycles. The molecule has 0 bridgehead atoms. The summed E-state index contributed by atoms with van der Waals surface area (Å²) in [6.07, 6.45) is 7.67. The zero-order valence-electron chi connectivity index (χ0n) is 10.6. The van der Waals surface area contributed by atoms with Crippen LogP contribution in [0.3, 0.4) is 0 Å². The predicted octanol–water partition coefficient (Wildman–Crippen LogP) is 2.38. The van der Waals surface area contributed by atoms with Crippen molar-refractivity contribution in [2.24, 2.45) is 17.1 Å². The molecule has 1 heterocycles. The molecule has 1 fully saturated rings. The molecular weight excluding hydrogens is 198 g/mol. The summed E-state index contributed by atoms with van der Waals surface area (Å²) in [5, 5.41) is 0. The number of hydrogen-bond acceptors (Lipinski definition) is 2. The van der Waals surface area contributed by atoms with Crippen LogP contribution in [-0.4, -0.2) is 16.1 Å². The van der Waals surface area contributed by atoms with Crippen LogP contribution in [0.5, 0.6) is 0 Å². The molecule has 1 aliphatic rings. The summed E-state index contributed by atoms with van der Waals surface area (Å²) in [7, 11) is 0. The van der Waals surface area contributed by atoms with Gasteiger partial charge in [0, 0.05) is 24.5 Å². The molecule has 0 aromatic carbocycles. The summed E-state index contributed by atoms with van der Waals surface area (Å²) < 4.78 is 2.31. The predicted molar refractivity (Wildman–Crippen MR) is 66.2 cm³/mol. The lowest BCUT2D eigenvalue weighted by Gasteiger charge is -2.23. The van der Waals surface area contributed by atoms with Crippen molar-refractivity contribution in [2.45, 2.75) is 46.1 Å². The van der Waals surface area contributed by atoms with Crippen LogP contribution in [0.15, 0.2) is 12.5 Å². The number of nitrogens with zero attached hydrogens (tertiary/aromatic N) is 2. The summed E-state index contributed by atoms with van der Waals surface area (Å²) >= 11 is 0. The summed E-state index contributed by atoms with van der Waals surface area (Å²) in [4.78, 5) is 4.29. The standard InChI is InChI=1S/C13H23N3/c1-13(2,3)6-11-8-15-9-16(11)12(7-14)10-4-5-10/h8-10,12H,4-7,14H2,1-3H3. The van der Waals surface area contributed by atoms with Gasteiger partial charge < -0.3 is 10.3 Å². The number of imidazole rings is 1. The molecule has 0 radical (unpaired) electrons. The average Bonchev–Trinajstić information content (AvgIpc) is 2.89. The molecule has 90 valence electrons. The normalized spacial score (nSPS) is 18.8. The molecule has 2 rings (SSSR count). The lowest BCUT2D eigenvalue weighted by atomic mass is 9.90. The summed E-state index contributed by atoms with van der Waals surface area (Å²) in [6.45, 7) is 7.52. The third kappa shape index (κ3) is 2.64. The van der Waals surface area contributed by atoms with Crippen molar-refractivity contribution < 1.29 is 0 Å². The van der Waals surface area contributed by atoms with Gasteiger partial charge in [-0.15, -0.1) is 0 Å². The van der Waals surface area contributed by atoms with Gasteiger partial charge >= 0.3 is 0 Å². The third-order valence-electron chi connectivity index (χ3n) is 3.22. The minimum atomic E-state index is 0.306. The average molecular weight is 221 g/mol. The molecule has 1 unspecified atom stereocenters. The first kappa shape index (κ1) is 11.6. The second-order valence-electron chi connectivity index (χ2n) is 6.17. The second kappa shape index (κ2) is 4.21. The fourth-order valence-electron chi connectivity index (χ4n) is 2.33. The fourth-order valence-corrected chi connectivity index (χ4v) is 2.33. The van der Waals surface area contributed by atoms with Gasteiger partial charge in [0.15, 0.2) is 0 Å². The lowest BCUT2D eigenvalue weighted by molar-refractivity contribution is 0.375. The van der Waals surface area contributed by atoms with E-state index < -0.39 is 0 Å². The zero-order chi connectivity index (χ0) is 11.8. The van der Waals surface area contributed by atoms with E-state index in [0.29, 0.717) is 11.5 Å². The Balaban J connectivity index is 2.17. The molecule has 0 amide bonds. The molecule has 1 aromatic rings. The van der Waals surface area contributed by atoms with Gasteiger partial charge in [-0.05, 0) is 30.6 Å². The molecule has 0 spiro atoms. The Morgan fingerprint density at radius 2 is 2.19 bits per heavy atom. The van der Waals surface area contributed by atoms with Gasteiger partial charge in [0.1, 0.15) is 0 Å². The Kier molecular flexibility index (Phi) is 3.06. The van der Waals surface area contributed by atoms with Crippen molar-refractivity contribution in [3.05, 3.63) is 18.2 Å². The number of rotatable bonds is 4. The maximum absolute atomic E-state index is 5.89. The molecule has 16 heavy (non-hydrogen) atoms. The maximum atomic E-state index is 5.89. The number of nitrogens with two attached hydrogens (primary N) is 1. The topological polar surface area (TPSA) is 43.8 Å². The molecule has 1 aromatic heterocycles. The van der Waals surface area contributed by atoms with Gasteiger partial charge in [-0.25, -0.2) is 4.98 Å². The van der Waals surface area contributed by atoms with Crippen molar-refractivity contribution in [1.82, 2.24) is 9.55 Å². The fraction of sp³-hybridized carbons (Fsp3) is 0.769. The maximum Gasteiger partial charge on any atom is 0.0951 e. The SMILES string of the molecule is CC(C)(C)Cc1cncn1C(CN)C1CC1. The Labute approximate surface area is 98.1 Å². The van der Waals surface area contributed by atoms with Gasteiger partial charge in [-0.3, -0.25) is 0 Å². The van der Waals surface area contributed by atoms with E-state index in [2.05, 4.69) is 30.3 Å². The van der Waals surface area contributed by atoms with Gasteiger partial charge in [0.05, 0.1) is 6.33 Å². The van der Waals surface area contributed by atoms with E-state index in [1.54, 1.807) is 0 Å². The van der Waals surface area contributed by atoms with Crippen LogP contribution >= 0.6 is 0 Å². The van der Waals surface area contributed by atoms with Crippen molar-refractivity contribution in [2.75, 3.05) is 6.54 Å². The van der Waals surface area contributed by atoms with Gasteiger partial charge in [0.25, 0.3) is 0 Å². The molecular formula is C13H23N3. The highest BCUT2D eigenvalue weighted by Crippen LogP contribution is 2.40. The molecule has 1 aliphatic carbocycles. The van der Waals surface area contributed by atoms with E-state index in [1.165, 1.54) is 18.5 Å². The van der Waals surface area contributed by atoms with Crippen molar-refractivity contribution >= 4 is 0 Å². The van der Waals surface area contributed by atoms with E-state index in [4.69, 9.17) is 5.73 Å². The Bertz CT molecular complexity index is 344. The van der Waals surface area contributed by atoms with Crippen LogP contribution < -0.4 is 5.73 Å². The highest BCUT2D eigenvalue weighted by atomic mass is 15.1. The number of hydrogen-bond donors (Lipinski definition) is 1. The summed E-state index contributed by atoms with van der Waals surface area (Å²) in [5.41, 5.74) is 7.52. The molecule has 1 saturated carbocycles. The quantitative estimate of drug-likeness (QED) is 0.848. The van der Waals surface area contributed by atoms with Crippen LogP contribution in [0.25, 0.3) is 0 Å². The first-order chi connectivity index (χ1) is 7.51. The molecule has 1 atom stereocenters. The van der Waals surface area contributed by atoms with Gasteiger partial charge in [-0.2, -0.15) is 0 Å². The Morgan fingerprint density at radius 3 is 2.69 bits per heavy atom. The van der Waals surface area contributed by atoms with E-state index in [9.17, 15) is 0 Å². The summed E-state index contributed by atoms with van der Waals surface area (Å²) in [6, 6.07) is 0.472. The first-order valence-corrected chi connectivity index (χ1v) is 6.22. The third-order valence-corrected chi connectivity index (χ3v) is 3.22. The van der Waals surface area contributed by atoms with Crippen LogP contribution in [-0.2, 0) is 6.42 Å². The van der Waals surface area contributed by atoms with E-state index in [-0.39, 0.29) is 0 Å². The molecule has 3 nitrogen and oxygen atoms in total. The largest absolute Gasteiger partial charge is 0.330 e. The minimum Gasteiger partial charge on any atom is -0.330 e. The Hall–Kier alpha value is -0.830. The lowest BCUT2D eigenvalue weighted by Crippen LogP contribution is -2.23. The highest BCUT2D eigenvalue weighted by molar-refractivity contribution is 5.05. The summed E-state index contributed by atoms with van der Waals surface area (Å²) in [5.74, 6) is 0.790. The zero-order valence-corrected chi connectivity index (χ0v) is 10.6. The van der Waals surface area contributed by atoms with Gasteiger partial charge in [-0.1, -0.05) is 20.8 Å². The van der Waals surface area contributed by atoms with Gasteiger partial charge in [0.2, 0.25) is 0 Å². The highest BCUT2D eigenvalue weighted by Gasteiger charge is 2.32. The molecule has 2 N–H and O–H groups in total. The van der Waals surface area contributed by atoms with Crippen LogP contribution in [0, 0.1) is 11.3 Å². The van der Waals surface area contributed by atoms with E-state index >= 15 is 0 Å². The first-order valence-electron chi connectivity index (χ1n) is 6.22. The molecule has 3 heteroatoms. The monoisotopic (exact) mass is 221 g/mol. The van der Waals surface area contributed by atoms with Crippen LogP contribution in [0.1, 0.15) is 45.3 Å². The van der Waals surface area contributed by atoms with Crippen LogP contribution in [0.2, 0.25) is 0 Å². The van der Waals surface area contributed by atoms with Crippen LogP contribution in [0.4, 0.5) is 0 Å². The smallest absolute Gasteiger partial charge is 0.0951 e. The second-order valence-corrected chi connectivity index (χ2v) is 6.17. The van der Waals surface area contributed by atoms with E-state index in [1.807, 2.05) is 12.5 Å². The molecule has 0 aliphatic heterocycles. The number of aromatic nitrogens is 2. The van der Waals surface area contributed by atoms with E-state index in [0.717, 1.165) is 18.9 Å². The van der Waals surface area contributed by atoms with Crippen molar-refractivity contribution in [1.29, 1.82) is 0 Å². The Morgan fingerprint density at radius 1 is 1.50 bits per heavy atom. The van der Waals surface area contributed by atoms with Crippen molar-refractivity contribution in [3.8, 4) is 0 Å². The van der Waals surface area contributed by atoms with Crippen molar-refractivity contribution in [3.63, 3.8) is 0 Å².